The molecule has 0 spiro atoms. The average Bonchev–Trinajstić information content (AvgIpc) is 3.12. The molecule has 0 radical (unpaired) electrons. The molecule has 1 aliphatic rings. The molecule has 0 aliphatic carbocycles. The Hall–Kier alpha value is -2.02. The third kappa shape index (κ3) is 4.29. The van der Waals surface area contributed by atoms with Gasteiger partial charge in [-0.15, -0.1) is 11.3 Å². The van der Waals surface area contributed by atoms with Crippen molar-refractivity contribution in [2.75, 3.05) is 38.2 Å². The lowest BCUT2D eigenvalue weighted by atomic mass is 10.1. The van der Waals surface area contributed by atoms with Crippen LogP contribution >= 0.6 is 11.3 Å². The topological polar surface area (TPSA) is 50.3 Å². The van der Waals surface area contributed by atoms with Crippen molar-refractivity contribution in [3.63, 3.8) is 0 Å². The van der Waals surface area contributed by atoms with Crippen LogP contribution in [-0.2, 0) is 11.3 Å². The van der Waals surface area contributed by atoms with Crippen LogP contribution in [0.5, 0.6) is 0 Å². The summed E-state index contributed by atoms with van der Waals surface area (Å²) in [4.78, 5) is 13.2. The van der Waals surface area contributed by atoms with Crippen molar-refractivity contribution in [3.05, 3.63) is 41.5 Å². The minimum absolute atomic E-state index is 0.552. The van der Waals surface area contributed by atoms with Crippen LogP contribution < -0.4 is 5.32 Å². The predicted octanol–water partition coefficient (Wildman–Crippen LogP) is 4.26. The number of rotatable bonds is 6. The number of aromatic nitrogens is 2. The monoisotopic (exact) mass is 382 g/mol. The van der Waals surface area contributed by atoms with E-state index < -0.39 is 0 Å². The van der Waals surface area contributed by atoms with Gasteiger partial charge < -0.3 is 10.1 Å². The molecule has 0 atom stereocenters. The number of hydrogen-bond acceptors (Lipinski definition) is 6. The summed E-state index contributed by atoms with van der Waals surface area (Å²) in [5.41, 5.74) is 2.42. The smallest absolute Gasteiger partial charge is 0.146 e. The van der Waals surface area contributed by atoms with Crippen molar-refractivity contribution < 1.29 is 4.74 Å². The van der Waals surface area contributed by atoms with E-state index >= 15 is 0 Å². The standard InChI is InChI=1S/C21H26N4OS/c1-15(2)12-22-20-19-17(16-6-4-3-5-7-16)14-27-21(19)24-18(23-20)13-25-8-10-26-11-9-25/h3-7,14-15H,8-13H2,1-2H3,(H,22,23,24). The second-order valence-corrected chi connectivity index (χ2v) is 8.21. The van der Waals surface area contributed by atoms with Gasteiger partial charge in [0.2, 0.25) is 0 Å². The zero-order valence-electron chi connectivity index (χ0n) is 15.9. The van der Waals surface area contributed by atoms with E-state index in [-0.39, 0.29) is 0 Å². The SMILES string of the molecule is CC(C)CNc1nc(CN2CCOCC2)nc2scc(-c3ccccc3)c12. The summed E-state index contributed by atoms with van der Waals surface area (Å²) >= 11 is 1.70. The first-order valence-electron chi connectivity index (χ1n) is 9.58. The minimum atomic E-state index is 0.552. The lowest BCUT2D eigenvalue weighted by Crippen LogP contribution is -2.36. The number of benzene rings is 1. The van der Waals surface area contributed by atoms with Gasteiger partial charge in [0, 0.05) is 30.6 Å². The van der Waals surface area contributed by atoms with Crippen LogP contribution in [0.15, 0.2) is 35.7 Å². The first-order chi connectivity index (χ1) is 13.2. The molecule has 1 aliphatic heterocycles. The molecule has 5 nitrogen and oxygen atoms in total. The molecule has 1 fully saturated rings. The summed E-state index contributed by atoms with van der Waals surface area (Å²) in [5.74, 6) is 2.39. The molecule has 4 rings (SSSR count). The van der Waals surface area contributed by atoms with Gasteiger partial charge in [0.05, 0.1) is 25.1 Å². The van der Waals surface area contributed by atoms with E-state index in [4.69, 9.17) is 14.7 Å². The summed E-state index contributed by atoms with van der Waals surface area (Å²) in [6, 6.07) is 10.5. The van der Waals surface area contributed by atoms with Gasteiger partial charge in [-0.1, -0.05) is 44.2 Å². The molecule has 0 amide bonds. The maximum atomic E-state index is 5.46. The van der Waals surface area contributed by atoms with Crippen LogP contribution in [0, 0.1) is 5.92 Å². The van der Waals surface area contributed by atoms with E-state index in [9.17, 15) is 0 Å². The highest BCUT2D eigenvalue weighted by Gasteiger charge is 2.18. The molecular weight excluding hydrogens is 356 g/mol. The number of fused-ring (bicyclic) bond motifs is 1. The van der Waals surface area contributed by atoms with Gasteiger partial charge in [-0.3, -0.25) is 4.90 Å². The fraction of sp³-hybridized carbons (Fsp3) is 0.429. The number of morpholine rings is 1. The molecule has 0 saturated carbocycles. The number of nitrogens with one attached hydrogen (secondary N) is 1. The van der Waals surface area contributed by atoms with Crippen LogP contribution in [0.2, 0.25) is 0 Å². The number of thiophene rings is 1. The average molecular weight is 383 g/mol. The molecule has 1 aromatic carbocycles. The van der Waals surface area contributed by atoms with Gasteiger partial charge in [0.1, 0.15) is 16.5 Å². The molecule has 3 heterocycles. The molecule has 1 saturated heterocycles. The van der Waals surface area contributed by atoms with Crippen molar-refractivity contribution in [3.8, 4) is 11.1 Å². The highest BCUT2D eigenvalue weighted by molar-refractivity contribution is 7.17. The largest absolute Gasteiger partial charge is 0.379 e. The van der Waals surface area contributed by atoms with E-state index in [0.717, 1.165) is 61.3 Å². The number of anilines is 1. The van der Waals surface area contributed by atoms with Crippen molar-refractivity contribution in [2.24, 2.45) is 5.92 Å². The van der Waals surface area contributed by atoms with Crippen LogP contribution in [0.3, 0.4) is 0 Å². The lowest BCUT2D eigenvalue weighted by molar-refractivity contribution is 0.0331. The Bertz CT molecular complexity index is 888. The normalized spacial score (nSPS) is 15.5. The highest BCUT2D eigenvalue weighted by atomic mass is 32.1. The Kier molecular flexibility index (Phi) is 5.66. The molecule has 2 aromatic heterocycles. The van der Waals surface area contributed by atoms with Gasteiger partial charge >= 0.3 is 0 Å². The van der Waals surface area contributed by atoms with Crippen molar-refractivity contribution in [1.82, 2.24) is 14.9 Å². The van der Waals surface area contributed by atoms with Crippen molar-refractivity contribution >= 4 is 27.4 Å². The van der Waals surface area contributed by atoms with E-state index in [1.807, 2.05) is 6.07 Å². The molecule has 142 valence electrons. The summed E-state index contributed by atoms with van der Waals surface area (Å²) in [7, 11) is 0. The molecule has 27 heavy (non-hydrogen) atoms. The molecule has 0 unspecified atom stereocenters. The summed E-state index contributed by atoms with van der Waals surface area (Å²) < 4.78 is 5.46. The van der Waals surface area contributed by atoms with Crippen LogP contribution in [0.25, 0.3) is 21.3 Å². The summed E-state index contributed by atoms with van der Waals surface area (Å²) in [5, 5.41) is 6.91. The Labute approximate surface area is 164 Å². The zero-order chi connectivity index (χ0) is 18.6. The molecule has 1 N–H and O–H groups in total. The summed E-state index contributed by atoms with van der Waals surface area (Å²) in [6.07, 6.45) is 0. The number of hydrogen-bond donors (Lipinski definition) is 1. The van der Waals surface area contributed by atoms with Crippen molar-refractivity contribution in [2.45, 2.75) is 20.4 Å². The maximum absolute atomic E-state index is 5.46. The number of ether oxygens (including phenoxy) is 1. The van der Waals surface area contributed by atoms with Crippen LogP contribution in [-0.4, -0.2) is 47.7 Å². The van der Waals surface area contributed by atoms with Gasteiger partial charge in [0.25, 0.3) is 0 Å². The maximum Gasteiger partial charge on any atom is 0.146 e. The van der Waals surface area contributed by atoms with E-state index in [1.165, 1.54) is 11.1 Å². The first kappa shape index (κ1) is 18.3. The fourth-order valence-corrected chi connectivity index (χ4v) is 4.24. The highest BCUT2D eigenvalue weighted by Crippen LogP contribution is 2.37. The third-order valence-electron chi connectivity index (χ3n) is 4.71. The van der Waals surface area contributed by atoms with E-state index in [2.05, 4.69) is 53.7 Å². The molecule has 3 aromatic rings. The fourth-order valence-electron chi connectivity index (χ4n) is 3.27. The quantitative estimate of drug-likeness (QED) is 0.690. The molecular formula is C21H26N4OS. The number of nitrogens with zero attached hydrogens (tertiary/aromatic N) is 3. The van der Waals surface area contributed by atoms with Crippen LogP contribution in [0.1, 0.15) is 19.7 Å². The van der Waals surface area contributed by atoms with E-state index in [0.29, 0.717) is 5.92 Å². The third-order valence-corrected chi connectivity index (χ3v) is 5.58. The summed E-state index contributed by atoms with van der Waals surface area (Å²) in [6.45, 7) is 9.56. The second-order valence-electron chi connectivity index (χ2n) is 7.35. The predicted molar refractivity (Wildman–Crippen MR) is 112 cm³/mol. The minimum Gasteiger partial charge on any atom is -0.379 e. The second kappa shape index (κ2) is 8.33. The van der Waals surface area contributed by atoms with Gasteiger partial charge in [-0.2, -0.15) is 0 Å². The van der Waals surface area contributed by atoms with Gasteiger partial charge in [-0.25, -0.2) is 9.97 Å². The molecule has 0 bridgehead atoms. The Morgan fingerprint density at radius 3 is 2.67 bits per heavy atom. The van der Waals surface area contributed by atoms with Crippen molar-refractivity contribution in [1.29, 1.82) is 0 Å². The zero-order valence-corrected chi connectivity index (χ0v) is 16.8. The van der Waals surface area contributed by atoms with E-state index in [1.54, 1.807) is 11.3 Å². The Morgan fingerprint density at radius 1 is 1.15 bits per heavy atom. The first-order valence-corrected chi connectivity index (χ1v) is 10.5. The lowest BCUT2D eigenvalue weighted by Gasteiger charge is -2.26. The van der Waals surface area contributed by atoms with Gasteiger partial charge in [-0.05, 0) is 11.5 Å². The van der Waals surface area contributed by atoms with Gasteiger partial charge in [0.15, 0.2) is 0 Å². The Morgan fingerprint density at radius 2 is 1.93 bits per heavy atom. The Balaban J connectivity index is 1.72. The van der Waals surface area contributed by atoms with Crippen LogP contribution in [0.4, 0.5) is 5.82 Å². The molecule has 6 heteroatoms.